The van der Waals surface area contributed by atoms with Gasteiger partial charge < -0.3 is 10.1 Å². The summed E-state index contributed by atoms with van der Waals surface area (Å²) in [5.41, 5.74) is 0.818. The molecule has 1 fully saturated rings. The summed E-state index contributed by atoms with van der Waals surface area (Å²) < 4.78 is 7.14. The number of carbonyl (C=O) groups is 2. The van der Waals surface area contributed by atoms with Crippen molar-refractivity contribution in [2.45, 2.75) is 77.5 Å². The number of esters is 1. The van der Waals surface area contributed by atoms with Crippen LogP contribution in [0.3, 0.4) is 0 Å². The number of benzene rings is 1. The van der Waals surface area contributed by atoms with E-state index in [1.165, 1.54) is 19.3 Å². The Balaban J connectivity index is 1.67. The molecular weight excluding hydrogens is 412 g/mol. The smallest absolute Gasteiger partial charge is 0.328 e. The second kappa shape index (κ2) is 9.77. The maximum absolute atomic E-state index is 12.5. The maximum atomic E-state index is 12.5. The summed E-state index contributed by atoms with van der Waals surface area (Å²) in [5, 5.41) is 8.16. The lowest BCUT2D eigenvalue weighted by molar-refractivity contribution is -0.156. The lowest BCUT2D eigenvalue weighted by Gasteiger charge is -2.22. The number of hydrogen-bond donors (Lipinski definition) is 1. The van der Waals surface area contributed by atoms with E-state index in [1.54, 1.807) is 51.2 Å². The molecule has 1 N–H and O–H groups in total. The summed E-state index contributed by atoms with van der Waals surface area (Å²) in [4.78, 5) is 30.4. The molecule has 1 aromatic heterocycles. The van der Waals surface area contributed by atoms with E-state index in [2.05, 4.69) is 10.4 Å². The first-order valence-corrected chi connectivity index (χ1v) is 11.7. The van der Waals surface area contributed by atoms with E-state index in [0.29, 0.717) is 11.6 Å². The number of rotatable bonds is 5. The third kappa shape index (κ3) is 6.50. The Labute approximate surface area is 187 Å². The largest absolute Gasteiger partial charge is 0.458 e. The van der Waals surface area contributed by atoms with Gasteiger partial charge in [0.15, 0.2) is 0 Å². The Bertz CT molecular complexity index is 979. The fraction of sp³-hybridized carbons (Fsp3) is 0.565. The van der Waals surface area contributed by atoms with E-state index in [4.69, 9.17) is 9.73 Å². The molecule has 7 nitrogen and oxygen atoms in total. The van der Waals surface area contributed by atoms with Crippen LogP contribution in [0, 0.1) is 0 Å². The van der Waals surface area contributed by atoms with E-state index in [1.807, 2.05) is 23.9 Å². The molecule has 1 aliphatic rings. The van der Waals surface area contributed by atoms with Gasteiger partial charge in [-0.25, -0.2) is 9.48 Å². The van der Waals surface area contributed by atoms with E-state index in [9.17, 15) is 9.59 Å². The van der Waals surface area contributed by atoms with Crippen LogP contribution >= 0.6 is 11.3 Å². The molecule has 0 aliphatic heterocycles. The highest BCUT2D eigenvalue weighted by Crippen LogP contribution is 2.22. The van der Waals surface area contributed by atoms with Gasteiger partial charge in [-0.1, -0.05) is 42.7 Å². The first-order chi connectivity index (χ1) is 14.6. The van der Waals surface area contributed by atoms with Crippen LogP contribution in [0.25, 0.3) is 10.6 Å². The highest BCUT2D eigenvalue weighted by atomic mass is 32.1. The molecule has 3 rings (SSSR count). The number of carbonyl (C=O) groups excluding carboxylic acids is 2. The Morgan fingerprint density at radius 1 is 1.19 bits per heavy atom. The Hall–Kier alpha value is -2.48. The number of nitrogens with zero attached hydrogens (tertiary/aromatic N) is 3. The predicted molar refractivity (Wildman–Crippen MR) is 122 cm³/mol. The third-order valence-electron chi connectivity index (χ3n) is 5.08. The molecule has 0 spiro atoms. The van der Waals surface area contributed by atoms with Crippen LogP contribution in [0.5, 0.6) is 0 Å². The number of nitrogens with one attached hydrogen (secondary N) is 1. The monoisotopic (exact) mass is 444 g/mol. The normalized spacial score (nSPS) is 16.7. The molecule has 1 saturated carbocycles. The zero-order valence-electron chi connectivity index (χ0n) is 19.0. The second-order valence-corrected chi connectivity index (χ2v) is 10.00. The molecule has 0 bridgehead atoms. The van der Waals surface area contributed by atoms with Crippen LogP contribution in [0.1, 0.15) is 70.2 Å². The van der Waals surface area contributed by atoms with Crippen LogP contribution in [0.2, 0.25) is 0 Å². The summed E-state index contributed by atoms with van der Waals surface area (Å²) in [6.07, 6.45) is 6.11. The highest BCUT2D eigenvalue weighted by molar-refractivity contribution is 7.12. The van der Waals surface area contributed by atoms with Gasteiger partial charge in [0, 0.05) is 18.2 Å². The highest BCUT2D eigenvalue weighted by Gasteiger charge is 2.23. The van der Waals surface area contributed by atoms with Crippen LogP contribution in [-0.2, 0) is 16.6 Å². The van der Waals surface area contributed by atoms with Crippen molar-refractivity contribution >= 4 is 23.2 Å². The van der Waals surface area contributed by atoms with Gasteiger partial charge in [-0.2, -0.15) is 5.10 Å². The number of ether oxygens (including phenoxy) is 1. The Morgan fingerprint density at radius 3 is 2.45 bits per heavy atom. The van der Waals surface area contributed by atoms with Gasteiger partial charge >= 0.3 is 5.97 Å². The number of amides is 1. The first kappa shape index (κ1) is 23.2. The summed E-state index contributed by atoms with van der Waals surface area (Å²) in [5.74, 6) is -0.774. The molecule has 1 aromatic carbocycles. The van der Waals surface area contributed by atoms with E-state index < -0.39 is 17.6 Å². The summed E-state index contributed by atoms with van der Waals surface area (Å²) in [6.45, 7) is 7.01. The van der Waals surface area contributed by atoms with E-state index in [0.717, 1.165) is 28.2 Å². The number of aryl methyl sites for hydroxylation is 1. The lowest BCUT2D eigenvalue weighted by atomic mass is 9.96. The van der Waals surface area contributed by atoms with Crippen molar-refractivity contribution in [2.24, 2.45) is 12.0 Å². The van der Waals surface area contributed by atoms with Gasteiger partial charge in [0.2, 0.25) is 4.80 Å². The summed E-state index contributed by atoms with van der Waals surface area (Å²) >= 11 is 1.56. The van der Waals surface area contributed by atoms with Gasteiger partial charge in [0.1, 0.15) is 16.7 Å². The van der Waals surface area contributed by atoms with Crippen molar-refractivity contribution in [2.75, 3.05) is 0 Å². The topological polar surface area (TPSA) is 85.6 Å². The first-order valence-electron chi connectivity index (χ1n) is 10.8. The molecule has 1 aliphatic carbocycles. The molecule has 1 amide bonds. The zero-order chi connectivity index (χ0) is 22.6. The van der Waals surface area contributed by atoms with Gasteiger partial charge in [-0.3, -0.25) is 9.79 Å². The molecule has 8 heteroatoms. The SMILES string of the molecule is C[C@H](NC(=O)c1ccc(-c2nn(C)c(=NC3CCCCC3)s2)cc1)C(=O)OC(C)(C)C. The molecule has 1 heterocycles. The van der Waals surface area contributed by atoms with Crippen molar-refractivity contribution in [1.82, 2.24) is 15.1 Å². The van der Waals surface area contributed by atoms with Crippen LogP contribution in [0.4, 0.5) is 0 Å². The second-order valence-electron chi connectivity index (χ2n) is 9.04. The standard InChI is InChI=1S/C23H32N4O3S/c1-15(21(29)30-23(2,3)4)24-19(28)16-11-13-17(14-12-16)20-26-27(5)22(31-20)25-18-9-7-6-8-10-18/h11-15,18H,6-10H2,1-5H3,(H,24,28)/t15-/m0/s1. The molecular formula is C23H32N4O3S. The van der Waals surface area contributed by atoms with Gasteiger partial charge in [0.05, 0.1) is 6.04 Å². The van der Waals surface area contributed by atoms with E-state index in [-0.39, 0.29) is 5.91 Å². The quantitative estimate of drug-likeness (QED) is 0.710. The Morgan fingerprint density at radius 2 is 1.84 bits per heavy atom. The lowest BCUT2D eigenvalue weighted by Crippen LogP contribution is -2.42. The van der Waals surface area contributed by atoms with Crippen LogP contribution < -0.4 is 10.1 Å². The minimum Gasteiger partial charge on any atom is -0.458 e. The van der Waals surface area contributed by atoms with Crippen molar-refractivity contribution in [3.8, 4) is 10.6 Å². The van der Waals surface area contributed by atoms with Crippen molar-refractivity contribution in [3.63, 3.8) is 0 Å². The van der Waals surface area contributed by atoms with Crippen molar-refractivity contribution < 1.29 is 14.3 Å². The predicted octanol–water partition coefficient (Wildman–Crippen LogP) is 3.84. The summed E-state index contributed by atoms with van der Waals surface area (Å²) in [7, 11) is 1.92. The molecule has 0 radical (unpaired) electrons. The third-order valence-corrected chi connectivity index (χ3v) is 6.14. The maximum Gasteiger partial charge on any atom is 0.328 e. The van der Waals surface area contributed by atoms with Crippen LogP contribution in [0.15, 0.2) is 29.3 Å². The van der Waals surface area contributed by atoms with E-state index >= 15 is 0 Å². The van der Waals surface area contributed by atoms with Gasteiger partial charge in [-0.15, -0.1) is 0 Å². The van der Waals surface area contributed by atoms with Crippen molar-refractivity contribution in [1.29, 1.82) is 0 Å². The molecule has 0 saturated heterocycles. The molecule has 0 unspecified atom stereocenters. The summed E-state index contributed by atoms with van der Waals surface area (Å²) in [6, 6.07) is 6.89. The molecule has 1 atom stereocenters. The fourth-order valence-corrected chi connectivity index (χ4v) is 4.40. The minimum atomic E-state index is -0.728. The zero-order valence-corrected chi connectivity index (χ0v) is 19.8. The van der Waals surface area contributed by atoms with Gasteiger partial charge in [0.25, 0.3) is 5.91 Å². The van der Waals surface area contributed by atoms with Gasteiger partial charge in [-0.05, 0) is 52.7 Å². The number of hydrogen-bond acceptors (Lipinski definition) is 6. The molecule has 168 valence electrons. The van der Waals surface area contributed by atoms with Crippen LogP contribution in [-0.4, -0.2) is 39.3 Å². The average molecular weight is 445 g/mol. The minimum absolute atomic E-state index is 0.317. The Kier molecular flexibility index (Phi) is 7.30. The van der Waals surface area contributed by atoms with Crippen molar-refractivity contribution in [3.05, 3.63) is 34.6 Å². The average Bonchev–Trinajstić information content (AvgIpc) is 3.08. The molecule has 2 aromatic rings. The molecule has 31 heavy (non-hydrogen) atoms. The number of aromatic nitrogens is 2. The fourth-order valence-electron chi connectivity index (χ4n) is 3.44.